The van der Waals surface area contributed by atoms with Gasteiger partial charge in [0.1, 0.15) is 0 Å². The third-order valence-electron chi connectivity index (χ3n) is 3.85. The van der Waals surface area contributed by atoms with Gasteiger partial charge < -0.3 is 10.5 Å². The van der Waals surface area contributed by atoms with Crippen LogP contribution in [0.25, 0.3) is 11.1 Å². The summed E-state index contributed by atoms with van der Waals surface area (Å²) in [4.78, 5) is 12.1. The molecule has 1 atom stereocenters. The van der Waals surface area contributed by atoms with Crippen LogP contribution in [0.2, 0.25) is 0 Å². The van der Waals surface area contributed by atoms with Crippen LogP contribution in [0.15, 0.2) is 54.6 Å². The predicted octanol–water partition coefficient (Wildman–Crippen LogP) is 3.87. The molecule has 116 valence electrons. The van der Waals surface area contributed by atoms with Crippen molar-refractivity contribution in [2.24, 2.45) is 5.73 Å². The van der Waals surface area contributed by atoms with E-state index in [0.29, 0.717) is 13.0 Å². The summed E-state index contributed by atoms with van der Waals surface area (Å²) in [6, 6.07) is 18.0. The van der Waals surface area contributed by atoms with E-state index in [1.54, 1.807) is 0 Å². The zero-order chi connectivity index (χ0) is 16.0. The third kappa shape index (κ3) is 3.20. The van der Waals surface area contributed by atoms with Gasteiger partial charge >= 0.3 is 0 Å². The van der Waals surface area contributed by atoms with Gasteiger partial charge in [-0.2, -0.15) is 0 Å². The Morgan fingerprint density at radius 3 is 2.09 bits per heavy atom. The van der Waals surface area contributed by atoms with E-state index in [1.165, 1.54) is 0 Å². The van der Waals surface area contributed by atoms with Crippen LogP contribution in [-0.4, -0.2) is 12.5 Å². The van der Waals surface area contributed by atoms with E-state index in [9.17, 15) is 4.79 Å². The second kappa shape index (κ2) is 7.23. The number of hydrogen-bond donors (Lipinski definition) is 1. The van der Waals surface area contributed by atoms with E-state index in [2.05, 4.69) is 12.1 Å². The van der Waals surface area contributed by atoms with Crippen LogP contribution in [0.5, 0.6) is 0 Å². The fourth-order valence-electron chi connectivity index (χ4n) is 2.80. The van der Waals surface area contributed by atoms with Gasteiger partial charge in [-0.15, -0.1) is 0 Å². The molecule has 0 bridgehead atoms. The van der Waals surface area contributed by atoms with Gasteiger partial charge in [0.2, 0.25) is 0 Å². The summed E-state index contributed by atoms with van der Waals surface area (Å²) in [7, 11) is 0. The first-order chi connectivity index (χ1) is 10.6. The maximum absolute atomic E-state index is 12.1. The van der Waals surface area contributed by atoms with Gasteiger partial charge in [0.15, 0.2) is 5.60 Å². The van der Waals surface area contributed by atoms with Gasteiger partial charge in [-0.25, -0.2) is 0 Å². The number of primary amides is 1. The van der Waals surface area contributed by atoms with Crippen LogP contribution < -0.4 is 5.73 Å². The molecule has 1 amide bonds. The van der Waals surface area contributed by atoms with Crippen molar-refractivity contribution in [3.05, 3.63) is 60.2 Å². The number of ether oxygens (including phenoxy) is 1. The predicted molar refractivity (Wildman–Crippen MR) is 89.3 cm³/mol. The zero-order valence-electron chi connectivity index (χ0n) is 13.2. The van der Waals surface area contributed by atoms with Crippen LogP contribution in [0.1, 0.15) is 32.3 Å². The standard InChI is InChI=1S/C19H23NO2/c1-3-14-19(18(20)21,22-4-2)17-12-10-16(11-13-17)15-8-6-5-7-9-15/h5-13H,3-4,14H2,1-2H3,(H2,20,21). The number of benzene rings is 2. The molecular formula is C19H23NO2. The Hall–Kier alpha value is -2.13. The average molecular weight is 297 g/mol. The topological polar surface area (TPSA) is 52.3 Å². The molecule has 0 fully saturated rings. The van der Waals surface area contributed by atoms with Crippen molar-refractivity contribution in [1.29, 1.82) is 0 Å². The monoisotopic (exact) mass is 297 g/mol. The molecule has 3 nitrogen and oxygen atoms in total. The molecule has 22 heavy (non-hydrogen) atoms. The van der Waals surface area contributed by atoms with Crippen molar-refractivity contribution in [3.8, 4) is 11.1 Å². The SMILES string of the molecule is CCCC(OCC)(C(N)=O)c1ccc(-c2ccccc2)cc1. The molecule has 2 N–H and O–H groups in total. The molecule has 0 spiro atoms. The number of carbonyl (C=O) groups is 1. The lowest BCUT2D eigenvalue weighted by atomic mass is 9.87. The minimum atomic E-state index is -1.03. The quantitative estimate of drug-likeness (QED) is 0.843. The second-order valence-electron chi connectivity index (χ2n) is 5.32. The molecule has 1 unspecified atom stereocenters. The first-order valence-corrected chi connectivity index (χ1v) is 7.74. The first kappa shape index (κ1) is 16.2. The summed E-state index contributed by atoms with van der Waals surface area (Å²) in [6.45, 7) is 4.35. The fraction of sp³-hybridized carbons (Fsp3) is 0.316. The van der Waals surface area contributed by atoms with Gasteiger partial charge in [-0.05, 0) is 30.0 Å². The van der Waals surface area contributed by atoms with Crippen LogP contribution in [-0.2, 0) is 15.1 Å². The van der Waals surface area contributed by atoms with Gasteiger partial charge in [0, 0.05) is 6.61 Å². The minimum absolute atomic E-state index is 0.427. The van der Waals surface area contributed by atoms with E-state index >= 15 is 0 Å². The average Bonchev–Trinajstić information content (AvgIpc) is 2.55. The fourth-order valence-corrected chi connectivity index (χ4v) is 2.80. The maximum Gasteiger partial charge on any atom is 0.254 e. The van der Waals surface area contributed by atoms with E-state index in [4.69, 9.17) is 10.5 Å². The van der Waals surface area contributed by atoms with Gasteiger partial charge in [-0.1, -0.05) is 67.9 Å². The highest BCUT2D eigenvalue weighted by Crippen LogP contribution is 2.32. The van der Waals surface area contributed by atoms with Crippen molar-refractivity contribution >= 4 is 5.91 Å². The summed E-state index contributed by atoms with van der Waals surface area (Å²) in [5, 5.41) is 0. The molecule has 3 heteroatoms. The van der Waals surface area contributed by atoms with Crippen molar-refractivity contribution in [2.75, 3.05) is 6.61 Å². The van der Waals surface area contributed by atoms with Crippen LogP contribution in [0.3, 0.4) is 0 Å². The van der Waals surface area contributed by atoms with E-state index in [0.717, 1.165) is 23.1 Å². The first-order valence-electron chi connectivity index (χ1n) is 7.74. The Balaban J connectivity index is 2.39. The summed E-state index contributed by atoms with van der Waals surface area (Å²) in [6.07, 6.45) is 1.41. The Morgan fingerprint density at radius 2 is 1.59 bits per heavy atom. The highest BCUT2D eigenvalue weighted by Gasteiger charge is 2.38. The molecule has 0 saturated heterocycles. The number of rotatable bonds is 7. The van der Waals surface area contributed by atoms with Gasteiger partial charge in [0.05, 0.1) is 0 Å². The van der Waals surface area contributed by atoms with Crippen molar-refractivity contribution in [1.82, 2.24) is 0 Å². The molecular weight excluding hydrogens is 274 g/mol. The number of amides is 1. The number of nitrogens with two attached hydrogens (primary N) is 1. The second-order valence-corrected chi connectivity index (χ2v) is 5.32. The lowest BCUT2D eigenvalue weighted by molar-refractivity contribution is -0.146. The van der Waals surface area contributed by atoms with Crippen LogP contribution >= 0.6 is 0 Å². The normalized spacial score (nSPS) is 13.5. The Bertz CT molecular complexity index is 599. The molecule has 2 aromatic carbocycles. The summed E-state index contributed by atoms with van der Waals surface area (Å²) in [5.41, 5.74) is 7.71. The molecule has 0 aliphatic rings. The number of carbonyl (C=O) groups excluding carboxylic acids is 1. The molecule has 0 aliphatic carbocycles. The Labute approximate surface area is 132 Å². The molecule has 0 radical (unpaired) electrons. The molecule has 0 aliphatic heterocycles. The van der Waals surface area contributed by atoms with Gasteiger partial charge in [0.25, 0.3) is 5.91 Å². The van der Waals surface area contributed by atoms with Crippen molar-refractivity contribution in [3.63, 3.8) is 0 Å². The zero-order valence-corrected chi connectivity index (χ0v) is 13.2. The van der Waals surface area contributed by atoms with E-state index < -0.39 is 11.5 Å². The highest BCUT2D eigenvalue weighted by molar-refractivity contribution is 5.85. The lowest BCUT2D eigenvalue weighted by Crippen LogP contribution is -2.43. The van der Waals surface area contributed by atoms with Gasteiger partial charge in [-0.3, -0.25) is 4.79 Å². The summed E-state index contributed by atoms with van der Waals surface area (Å²) >= 11 is 0. The largest absolute Gasteiger partial charge is 0.367 e. The van der Waals surface area contributed by atoms with Crippen LogP contribution in [0.4, 0.5) is 0 Å². The third-order valence-corrected chi connectivity index (χ3v) is 3.85. The molecule has 0 heterocycles. The van der Waals surface area contributed by atoms with Crippen molar-refractivity contribution in [2.45, 2.75) is 32.3 Å². The van der Waals surface area contributed by atoms with Crippen molar-refractivity contribution < 1.29 is 9.53 Å². The summed E-state index contributed by atoms with van der Waals surface area (Å²) in [5.74, 6) is -0.427. The molecule has 2 rings (SSSR count). The van der Waals surface area contributed by atoms with E-state index in [1.807, 2.05) is 56.3 Å². The van der Waals surface area contributed by atoms with E-state index in [-0.39, 0.29) is 0 Å². The Morgan fingerprint density at radius 1 is 1.00 bits per heavy atom. The molecule has 0 aromatic heterocycles. The lowest BCUT2D eigenvalue weighted by Gasteiger charge is -2.30. The highest BCUT2D eigenvalue weighted by atomic mass is 16.5. The number of hydrogen-bond acceptors (Lipinski definition) is 2. The molecule has 2 aromatic rings. The molecule has 0 saturated carbocycles. The maximum atomic E-state index is 12.1. The smallest absolute Gasteiger partial charge is 0.254 e. The Kier molecular flexibility index (Phi) is 5.34. The van der Waals surface area contributed by atoms with Crippen LogP contribution in [0, 0.1) is 0 Å². The minimum Gasteiger partial charge on any atom is -0.367 e. The summed E-state index contributed by atoms with van der Waals surface area (Å²) < 4.78 is 5.79.